The molecule has 2 rings (SSSR count). The van der Waals surface area contributed by atoms with Crippen molar-refractivity contribution in [2.45, 2.75) is 39.2 Å². The van der Waals surface area contributed by atoms with Crippen molar-refractivity contribution in [2.24, 2.45) is 16.6 Å². The van der Waals surface area contributed by atoms with Gasteiger partial charge in [0.2, 0.25) is 5.91 Å². The monoisotopic (exact) mass is 339 g/mol. The summed E-state index contributed by atoms with van der Waals surface area (Å²) in [5, 5.41) is 2.86. The fraction of sp³-hybridized carbons (Fsp3) is 0.812. The van der Waals surface area contributed by atoms with Crippen molar-refractivity contribution in [3.8, 4) is 0 Å². The van der Waals surface area contributed by atoms with Crippen LogP contribution >= 0.6 is 0 Å². The third-order valence-electron chi connectivity index (χ3n) is 3.89. The summed E-state index contributed by atoms with van der Waals surface area (Å²) in [5.74, 6) is 0.793. The number of piperazine rings is 1. The lowest BCUT2D eigenvalue weighted by atomic mass is 10.2. The topological polar surface area (TPSA) is 100 Å². The van der Waals surface area contributed by atoms with Crippen molar-refractivity contribution in [2.75, 3.05) is 39.3 Å². The average Bonchev–Trinajstić information content (AvgIpc) is 3.34. The third-order valence-corrected chi connectivity index (χ3v) is 3.89. The smallest absolute Gasteiger partial charge is 0.410 e. The number of carbonyl (C=O) groups is 2. The number of nitrogens with two attached hydrogens (primary N) is 1. The van der Waals surface area contributed by atoms with Gasteiger partial charge in [0.15, 0.2) is 5.96 Å². The average molecular weight is 339 g/mol. The van der Waals surface area contributed by atoms with Crippen molar-refractivity contribution in [3.63, 3.8) is 0 Å². The van der Waals surface area contributed by atoms with E-state index in [-0.39, 0.29) is 17.9 Å². The first kappa shape index (κ1) is 18.4. The van der Waals surface area contributed by atoms with Crippen LogP contribution in [0.4, 0.5) is 4.79 Å². The third kappa shape index (κ3) is 5.90. The molecule has 24 heavy (non-hydrogen) atoms. The SMILES string of the molecule is CC(C)(C)OC(=O)N1CCN(C(N)=NCCNC(=O)C2CC2)CC1. The summed E-state index contributed by atoms with van der Waals surface area (Å²) in [6, 6.07) is 0. The molecule has 0 bridgehead atoms. The predicted molar refractivity (Wildman–Crippen MR) is 91.6 cm³/mol. The van der Waals surface area contributed by atoms with Crippen LogP contribution in [0.5, 0.6) is 0 Å². The second kappa shape index (κ2) is 7.72. The van der Waals surface area contributed by atoms with E-state index < -0.39 is 5.60 Å². The van der Waals surface area contributed by atoms with Crippen LogP contribution in [0, 0.1) is 5.92 Å². The molecule has 0 spiro atoms. The molecule has 0 radical (unpaired) electrons. The van der Waals surface area contributed by atoms with Gasteiger partial charge in [-0.15, -0.1) is 0 Å². The lowest BCUT2D eigenvalue weighted by molar-refractivity contribution is -0.122. The molecule has 1 heterocycles. The predicted octanol–water partition coefficient (Wildman–Crippen LogP) is 0.380. The Balaban J connectivity index is 1.67. The van der Waals surface area contributed by atoms with Gasteiger partial charge in [0, 0.05) is 38.6 Å². The number of hydrogen-bond acceptors (Lipinski definition) is 4. The second-order valence-corrected chi connectivity index (χ2v) is 7.26. The molecule has 0 aromatic carbocycles. The Bertz CT molecular complexity index is 488. The van der Waals surface area contributed by atoms with Crippen LogP contribution in [0.15, 0.2) is 4.99 Å². The molecule has 136 valence electrons. The summed E-state index contributed by atoms with van der Waals surface area (Å²) in [6.45, 7) is 8.92. The highest BCUT2D eigenvalue weighted by Crippen LogP contribution is 2.28. The van der Waals surface area contributed by atoms with Crippen molar-refractivity contribution >= 4 is 18.0 Å². The minimum absolute atomic E-state index is 0.120. The molecule has 8 heteroatoms. The molecular weight excluding hydrogens is 310 g/mol. The summed E-state index contributed by atoms with van der Waals surface area (Å²) in [7, 11) is 0. The Morgan fingerprint density at radius 1 is 1.17 bits per heavy atom. The highest BCUT2D eigenvalue weighted by molar-refractivity contribution is 5.81. The number of guanidine groups is 1. The van der Waals surface area contributed by atoms with Gasteiger partial charge in [-0.1, -0.05) is 0 Å². The maximum absolute atomic E-state index is 12.0. The molecule has 8 nitrogen and oxygen atoms in total. The number of hydrogen-bond donors (Lipinski definition) is 2. The van der Waals surface area contributed by atoms with Crippen LogP contribution < -0.4 is 11.1 Å². The Morgan fingerprint density at radius 3 is 2.29 bits per heavy atom. The van der Waals surface area contributed by atoms with Gasteiger partial charge in [-0.05, 0) is 33.6 Å². The molecule has 1 saturated carbocycles. The van der Waals surface area contributed by atoms with Gasteiger partial charge in [-0.25, -0.2) is 4.79 Å². The molecule has 2 amide bonds. The van der Waals surface area contributed by atoms with E-state index in [0.29, 0.717) is 45.2 Å². The van der Waals surface area contributed by atoms with Gasteiger partial charge in [0.25, 0.3) is 0 Å². The first-order valence-corrected chi connectivity index (χ1v) is 8.57. The molecule has 0 aromatic rings. The highest BCUT2D eigenvalue weighted by Gasteiger charge is 2.29. The maximum Gasteiger partial charge on any atom is 0.410 e. The summed E-state index contributed by atoms with van der Waals surface area (Å²) in [5.41, 5.74) is 5.50. The number of nitrogens with one attached hydrogen (secondary N) is 1. The molecule has 0 unspecified atom stereocenters. The lowest BCUT2D eigenvalue weighted by Gasteiger charge is -2.36. The van der Waals surface area contributed by atoms with E-state index >= 15 is 0 Å². The van der Waals surface area contributed by atoms with Crippen LogP contribution in [0.1, 0.15) is 33.6 Å². The molecule has 1 saturated heterocycles. The van der Waals surface area contributed by atoms with Gasteiger partial charge >= 0.3 is 6.09 Å². The molecule has 2 aliphatic rings. The Morgan fingerprint density at radius 2 is 1.75 bits per heavy atom. The van der Waals surface area contributed by atoms with Crippen LogP contribution in [-0.4, -0.2) is 72.6 Å². The number of ether oxygens (including phenoxy) is 1. The fourth-order valence-electron chi connectivity index (χ4n) is 2.38. The van der Waals surface area contributed by atoms with Crippen molar-refractivity contribution in [1.82, 2.24) is 15.1 Å². The van der Waals surface area contributed by atoms with Crippen LogP contribution in [0.25, 0.3) is 0 Å². The maximum atomic E-state index is 12.0. The van der Waals surface area contributed by atoms with E-state index in [2.05, 4.69) is 10.3 Å². The summed E-state index contributed by atoms with van der Waals surface area (Å²) in [4.78, 5) is 31.4. The first-order chi connectivity index (χ1) is 11.3. The normalized spacial score (nSPS) is 19.2. The highest BCUT2D eigenvalue weighted by atomic mass is 16.6. The van der Waals surface area contributed by atoms with Crippen molar-refractivity contribution in [3.05, 3.63) is 0 Å². The van der Waals surface area contributed by atoms with E-state index in [0.717, 1.165) is 12.8 Å². The number of nitrogens with zero attached hydrogens (tertiary/aromatic N) is 3. The largest absolute Gasteiger partial charge is 0.444 e. The van der Waals surface area contributed by atoms with Crippen LogP contribution in [-0.2, 0) is 9.53 Å². The van der Waals surface area contributed by atoms with Crippen LogP contribution in [0.3, 0.4) is 0 Å². The van der Waals surface area contributed by atoms with Gasteiger partial charge < -0.3 is 25.6 Å². The number of amides is 2. The Hall–Kier alpha value is -1.99. The molecule has 0 atom stereocenters. The van der Waals surface area contributed by atoms with Gasteiger partial charge in [-0.3, -0.25) is 9.79 Å². The zero-order valence-electron chi connectivity index (χ0n) is 14.9. The Kier molecular flexibility index (Phi) is 5.90. The quantitative estimate of drug-likeness (QED) is 0.438. The summed E-state index contributed by atoms with van der Waals surface area (Å²) >= 11 is 0. The minimum Gasteiger partial charge on any atom is -0.444 e. The van der Waals surface area contributed by atoms with Gasteiger partial charge in [0.05, 0.1) is 6.54 Å². The molecule has 1 aliphatic heterocycles. The second-order valence-electron chi connectivity index (χ2n) is 7.26. The molecular formula is C16H29N5O3. The zero-order chi connectivity index (χ0) is 17.7. The molecule has 2 fully saturated rings. The molecule has 0 aromatic heterocycles. The standard InChI is InChI=1S/C16H29N5O3/c1-16(2,3)24-15(23)21-10-8-20(9-11-21)14(17)19-7-6-18-13(22)12-4-5-12/h12H,4-11H2,1-3H3,(H2,17,19)(H,18,22). The number of rotatable bonds is 4. The molecule has 3 N–H and O–H groups in total. The van der Waals surface area contributed by atoms with Crippen molar-refractivity contribution < 1.29 is 14.3 Å². The number of carbonyl (C=O) groups excluding carboxylic acids is 2. The molecule has 1 aliphatic carbocycles. The summed E-state index contributed by atoms with van der Waals surface area (Å²) in [6.07, 6.45) is 1.71. The summed E-state index contributed by atoms with van der Waals surface area (Å²) < 4.78 is 5.37. The van der Waals surface area contributed by atoms with Crippen LogP contribution in [0.2, 0.25) is 0 Å². The van der Waals surface area contributed by atoms with Crippen molar-refractivity contribution in [1.29, 1.82) is 0 Å². The fourth-order valence-corrected chi connectivity index (χ4v) is 2.38. The Labute approximate surface area is 143 Å². The lowest BCUT2D eigenvalue weighted by Crippen LogP contribution is -2.53. The number of aliphatic imine (C=N–C) groups is 1. The van der Waals surface area contributed by atoms with E-state index in [9.17, 15) is 9.59 Å². The van der Waals surface area contributed by atoms with E-state index in [1.54, 1.807) is 4.90 Å². The van der Waals surface area contributed by atoms with Gasteiger partial charge in [-0.2, -0.15) is 0 Å². The van der Waals surface area contributed by atoms with E-state index in [1.807, 2.05) is 25.7 Å². The van der Waals surface area contributed by atoms with Gasteiger partial charge in [0.1, 0.15) is 5.60 Å². The first-order valence-electron chi connectivity index (χ1n) is 8.57. The minimum atomic E-state index is -0.487. The zero-order valence-corrected chi connectivity index (χ0v) is 14.9. The van der Waals surface area contributed by atoms with E-state index in [4.69, 9.17) is 10.5 Å². The van der Waals surface area contributed by atoms with E-state index in [1.165, 1.54) is 0 Å².